The highest BCUT2D eigenvalue weighted by Crippen LogP contribution is 2.33. The number of likely N-dealkylation sites (N-methyl/N-ethyl adjacent to an activating group) is 1. The molecule has 35 heavy (non-hydrogen) atoms. The van der Waals surface area contributed by atoms with Crippen molar-refractivity contribution in [3.8, 4) is 28.4 Å². The Labute approximate surface area is 208 Å². The average molecular weight is 479 g/mol. The van der Waals surface area contributed by atoms with Crippen molar-refractivity contribution in [1.29, 1.82) is 0 Å². The van der Waals surface area contributed by atoms with Gasteiger partial charge in [-0.1, -0.05) is 56.3 Å². The fraction of sp³-hybridized carbons (Fsp3) is 0.536. The van der Waals surface area contributed by atoms with Gasteiger partial charge in [0.15, 0.2) is 5.82 Å². The van der Waals surface area contributed by atoms with Crippen LogP contribution in [0, 0.1) is 25.7 Å². The largest absolute Gasteiger partial charge is 0.491 e. The van der Waals surface area contributed by atoms with E-state index in [0.29, 0.717) is 24.0 Å². The summed E-state index contributed by atoms with van der Waals surface area (Å²) < 4.78 is 11.3. The second-order valence-electron chi connectivity index (χ2n) is 9.90. The molecular formula is C28H38N4O3. The van der Waals surface area contributed by atoms with Gasteiger partial charge in [-0.05, 0) is 57.4 Å². The van der Waals surface area contributed by atoms with Crippen LogP contribution in [0.2, 0.25) is 0 Å². The fourth-order valence-corrected chi connectivity index (χ4v) is 5.12. The third kappa shape index (κ3) is 6.47. The van der Waals surface area contributed by atoms with E-state index >= 15 is 0 Å². The van der Waals surface area contributed by atoms with Crippen LogP contribution in [0.25, 0.3) is 22.6 Å². The number of aliphatic hydroxyl groups excluding tert-OH is 1. The Morgan fingerprint density at radius 2 is 1.94 bits per heavy atom. The second-order valence-corrected chi connectivity index (χ2v) is 9.90. The predicted molar refractivity (Wildman–Crippen MR) is 137 cm³/mol. The quantitative estimate of drug-likeness (QED) is 0.417. The number of nitrogens with one attached hydrogen (secondary N) is 1. The van der Waals surface area contributed by atoms with Crippen molar-refractivity contribution in [1.82, 2.24) is 20.4 Å². The molecule has 0 aliphatic heterocycles. The van der Waals surface area contributed by atoms with Gasteiger partial charge in [-0.3, -0.25) is 0 Å². The Balaban J connectivity index is 1.65. The first-order valence-electron chi connectivity index (χ1n) is 12.8. The van der Waals surface area contributed by atoms with Crippen molar-refractivity contribution in [2.75, 3.05) is 20.2 Å². The Morgan fingerprint density at radius 3 is 2.66 bits per heavy atom. The highest BCUT2D eigenvalue weighted by molar-refractivity contribution is 5.67. The molecule has 1 saturated carbocycles. The summed E-state index contributed by atoms with van der Waals surface area (Å²) in [5, 5.41) is 17.1. The van der Waals surface area contributed by atoms with Crippen LogP contribution in [-0.4, -0.2) is 46.5 Å². The van der Waals surface area contributed by atoms with Gasteiger partial charge in [0.05, 0.1) is 17.0 Å². The van der Waals surface area contributed by atoms with Crippen LogP contribution in [0.1, 0.15) is 56.2 Å². The van der Waals surface area contributed by atoms with Crippen molar-refractivity contribution < 1.29 is 14.4 Å². The van der Waals surface area contributed by atoms with Crippen LogP contribution in [0.4, 0.5) is 0 Å². The number of benzene rings is 1. The summed E-state index contributed by atoms with van der Waals surface area (Å²) in [4.78, 5) is 9.92. The lowest BCUT2D eigenvalue weighted by molar-refractivity contribution is 0.108. The lowest BCUT2D eigenvalue weighted by Gasteiger charge is -2.27. The molecule has 188 valence electrons. The first-order valence-corrected chi connectivity index (χ1v) is 12.8. The molecule has 2 atom stereocenters. The molecule has 2 N–H and O–H groups in total. The zero-order valence-corrected chi connectivity index (χ0v) is 21.4. The van der Waals surface area contributed by atoms with E-state index in [0.717, 1.165) is 46.3 Å². The van der Waals surface area contributed by atoms with Gasteiger partial charge < -0.3 is 19.7 Å². The lowest BCUT2D eigenvalue weighted by Crippen LogP contribution is -2.29. The lowest BCUT2D eigenvalue weighted by atomic mass is 9.79. The molecule has 7 nitrogen and oxygen atoms in total. The normalized spacial score (nSPS) is 16.3. The summed E-state index contributed by atoms with van der Waals surface area (Å²) in [7, 11) is 1.81. The number of aromatic nitrogens is 3. The maximum absolute atomic E-state index is 9.99. The minimum Gasteiger partial charge on any atom is -0.491 e. The molecule has 0 spiro atoms. The molecule has 0 amide bonds. The standard InChI is InChI=1S/C28H38N4O3/c1-18(21-9-6-5-7-10-21)13-23-15-26(27-19(2)32-35-20(27)3)31-28(30-23)22-11-8-12-25(14-22)34-17-24(33)16-29-4/h8,11-12,14-15,18,21,24,29,33H,5-7,9-10,13,16-17H2,1-4H3. The molecule has 2 aromatic heterocycles. The molecule has 1 fully saturated rings. The Morgan fingerprint density at radius 1 is 1.14 bits per heavy atom. The van der Waals surface area contributed by atoms with Crippen molar-refractivity contribution in [2.45, 2.75) is 65.4 Å². The molecule has 0 radical (unpaired) electrons. The van der Waals surface area contributed by atoms with Gasteiger partial charge in [0.2, 0.25) is 0 Å². The van der Waals surface area contributed by atoms with E-state index in [1.54, 1.807) is 7.05 Å². The average Bonchev–Trinajstić information content (AvgIpc) is 3.21. The van der Waals surface area contributed by atoms with E-state index < -0.39 is 6.10 Å². The number of hydrogen-bond donors (Lipinski definition) is 2. The molecule has 2 heterocycles. The van der Waals surface area contributed by atoms with Gasteiger partial charge in [0, 0.05) is 17.8 Å². The van der Waals surface area contributed by atoms with E-state index in [-0.39, 0.29) is 6.61 Å². The zero-order valence-electron chi connectivity index (χ0n) is 21.4. The summed E-state index contributed by atoms with van der Waals surface area (Å²) in [5.41, 5.74) is 4.52. The summed E-state index contributed by atoms with van der Waals surface area (Å²) in [6, 6.07) is 9.86. The van der Waals surface area contributed by atoms with Gasteiger partial charge in [0.25, 0.3) is 0 Å². The van der Waals surface area contributed by atoms with Crippen LogP contribution < -0.4 is 10.1 Å². The van der Waals surface area contributed by atoms with Crippen LogP contribution in [0.15, 0.2) is 34.9 Å². The van der Waals surface area contributed by atoms with Crippen molar-refractivity contribution in [3.05, 3.63) is 47.5 Å². The minimum absolute atomic E-state index is 0.217. The highest BCUT2D eigenvalue weighted by Gasteiger charge is 2.22. The molecule has 0 bridgehead atoms. The minimum atomic E-state index is -0.573. The summed E-state index contributed by atoms with van der Waals surface area (Å²) >= 11 is 0. The van der Waals surface area contributed by atoms with E-state index in [1.165, 1.54) is 32.1 Å². The smallest absolute Gasteiger partial charge is 0.160 e. The van der Waals surface area contributed by atoms with Crippen molar-refractivity contribution in [2.24, 2.45) is 11.8 Å². The van der Waals surface area contributed by atoms with E-state index in [4.69, 9.17) is 19.2 Å². The van der Waals surface area contributed by atoms with Gasteiger partial charge in [-0.25, -0.2) is 9.97 Å². The molecule has 4 rings (SSSR count). The molecule has 0 saturated heterocycles. The van der Waals surface area contributed by atoms with Gasteiger partial charge in [0.1, 0.15) is 24.2 Å². The predicted octanol–water partition coefficient (Wildman–Crippen LogP) is 5.13. The highest BCUT2D eigenvalue weighted by atomic mass is 16.5. The Kier molecular flexibility index (Phi) is 8.52. The molecule has 1 aliphatic carbocycles. The van der Waals surface area contributed by atoms with E-state index in [9.17, 15) is 5.11 Å². The second kappa shape index (κ2) is 11.8. The van der Waals surface area contributed by atoms with Gasteiger partial charge in [-0.15, -0.1) is 0 Å². The molecule has 1 aromatic carbocycles. The van der Waals surface area contributed by atoms with Crippen LogP contribution in [0.5, 0.6) is 5.75 Å². The van der Waals surface area contributed by atoms with Crippen LogP contribution >= 0.6 is 0 Å². The maximum atomic E-state index is 9.99. The first kappa shape index (κ1) is 25.3. The van der Waals surface area contributed by atoms with Gasteiger partial charge >= 0.3 is 0 Å². The van der Waals surface area contributed by atoms with Crippen molar-refractivity contribution in [3.63, 3.8) is 0 Å². The number of aliphatic hydroxyl groups is 1. The van der Waals surface area contributed by atoms with E-state index in [2.05, 4.69) is 23.5 Å². The van der Waals surface area contributed by atoms with E-state index in [1.807, 2.05) is 38.1 Å². The monoisotopic (exact) mass is 478 g/mol. The molecular weight excluding hydrogens is 440 g/mol. The Bertz CT molecular complexity index is 1090. The molecule has 3 aromatic rings. The summed E-state index contributed by atoms with van der Waals surface area (Å²) in [6.45, 7) is 6.92. The van der Waals surface area contributed by atoms with Crippen LogP contribution in [-0.2, 0) is 6.42 Å². The number of rotatable bonds is 10. The third-order valence-electron chi connectivity index (χ3n) is 7.03. The molecule has 1 aliphatic rings. The zero-order chi connectivity index (χ0) is 24.8. The first-order chi connectivity index (χ1) is 16.9. The third-order valence-corrected chi connectivity index (χ3v) is 7.03. The molecule has 2 unspecified atom stereocenters. The van der Waals surface area contributed by atoms with Crippen molar-refractivity contribution >= 4 is 0 Å². The number of aryl methyl sites for hydroxylation is 2. The Hall–Kier alpha value is -2.77. The summed E-state index contributed by atoms with van der Waals surface area (Å²) in [6.07, 6.45) is 7.01. The molecule has 7 heteroatoms. The van der Waals surface area contributed by atoms with Crippen LogP contribution in [0.3, 0.4) is 0 Å². The number of ether oxygens (including phenoxy) is 1. The maximum Gasteiger partial charge on any atom is 0.160 e. The van der Waals surface area contributed by atoms with Gasteiger partial charge in [-0.2, -0.15) is 0 Å². The SMILES string of the molecule is CNCC(O)COc1cccc(-c2nc(CC(C)C3CCCCC3)cc(-c3c(C)noc3C)n2)c1. The fourth-order valence-electron chi connectivity index (χ4n) is 5.12. The number of nitrogens with zero attached hydrogens (tertiary/aromatic N) is 3. The number of hydrogen-bond acceptors (Lipinski definition) is 7. The summed E-state index contributed by atoms with van der Waals surface area (Å²) in [5.74, 6) is 3.43. The topological polar surface area (TPSA) is 93.3 Å².